The van der Waals surface area contributed by atoms with Crippen LogP contribution in [-0.2, 0) is 12.0 Å². The summed E-state index contributed by atoms with van der Waals surface area (Å²) in [5.41, 5.74) is -1.23. The van der Waals surface area contributed by atoms with Crippen molar-refractivity contribution >= 4 is 0 Å². The molecule has 152 valence electrons. The van der Waals surface area contributed by atoms with E-state index in [-0.39, 0.29) is 23.0 Å². The molecule has 0 bridgehead atoms. The summed E-state index contributed by atoms with van der Waals surface area (Å²) < 4.78 is 43.7. The number of halogens is 3. The Morgan fingerprint density at radius 1 is 1.04 bits per heavy atom. The lowest BCUT2D eigenvalue weighted by Crippen LogP contribution is -2.50. The molecule has 28 heavy (non-hydrogen) atoms. The van der Waals surface area contributed by atoms with Gasteiger partial charge in [0.05, 0.1) is 5.60 Å². The normalized spacial score (nSPS) is 25.3. The molecular weight excluding hydrogens is 363 g/mol. The summed E-state index contributed by atoms with van der Waals surface area (Å²) in [7, 11) is 3.77. The van der Waals surface area contributed by atoms with Gasteiger partial charge in [-0.1, -0.05) is 36.8 Å². The van der Waals surface area contributed by atoms with Crippen molar-refractivity contribution in [3.05, 3.63) is 70.5 Å². The number of rotatable bonds is 5. The average molecular weight is 391 g/mol. The standard InChI is InChI=1S/C23H28F3NO/c1-15-20(24)13-19(22(26)21(15)25)23(28)17(12-16-8-5-4-6-9-16)10-7-11-18(23)14-27(2)3/h4-6,8-9,13,17-18,28H,7,10-12,14H2,1-3H3. The highest BCUT2D eigenvalue weighted by molar-refractivity contribution is 5.34. The number of hydrogen-bond acceptors (Lipinski definition) is 2. The Labute approximate surface area is 165 Å². The third kappa shape index (κ3) is 3.83. The van der Waals surface area contributed by atoms with Crippen LogP contribution in [0.5, 0.6) is 0 Å². The van der Waals surface area contributed by atoms with Gasteiger partial charge in [0, 0.05) is 23.6 Å². The van der Waals surface area contributed by atoms with Crippen LogP contribution in [-0.4, -0.2) is 30.6 Å². The lowest BCUT2D eigenvalue weighted by atomic mass is 9.63. The van der Waals surface area contributed by atoms with E-state index >= 15 is 0 Å². The minimum Gasteiger partial charge on any atom is -0.384 e. The molecule has 1 saturated carbocycles. The van der Waals surface area contributed by atoms with Crippen LogP contribution in [0.1, 0.15) is 36.0 Å². The van der Waals surface area contributed by atoms with Gasteiger partial charge in [-0.15, -0.1) is 0 Å². The Bertz CT molecular complexity index is 824. The fourth-order valence-corrected chi connectivity index (χ4v) is 4.63. The van der Waals surface area contributed by atoms with E-state index < -0.39 is 23.1 Å². The average Bonchev–Trinajstić information content (AvgIpc) is 2.66. The highest BCUT2D eigenvalue weighted by Gasteiger charge is 2.49. The first-order valence-electron chi connectivity index (χ1n) is 9.80. The largest absolute Gasteiger partial charge is 0.384 e. The summed E-state index contributed by atoms with van der Waals surface area (Å²) in [6.45, 7) is 1.72. The van der Waals surface area contributed by atoms with E-state index in [1.807, 2.05) is 49.3 Å². The number of aliphatic hydroxyl groups is 1. The van der Waals surface area contributed by atoms with Crippen LogP contribution >= 0.6 is 0 Å². The van der Waals surface area contributed by atoms with Gasteiger partial charge in [-0.3, -0.25) is 0 Å². The van der Waals surface area contributed by atoms with Crippen molar-refractivity contribution in [1.82, 2.24) is 4.90 Å². The first kappa shape index (κ1) is 20.9. The van der Waals surface area contributed by atoms with Gasteiger partial charge in [-0.2, -0.15) is 0 Å². The second-order valence-electron chi connectivity index (χ2n) is 8.26. The monoisotopic (exact) mass is 391 g/mol. The summed E-state index contributed by atoms with van der Waals surface area (Å²) in [6.07, 6.45) is 2.76. The molecule has 3 unspecified atom stereocenters. The van der Waals surface area contributed by atoms with Crippen molar-refractivity contribution in [2.75, 3.05) is 20.6 Å². The second kappa shape index (κ2) is 8.26. The van der Waals surface area contributed by atoms with Gasteiger partial charge in [0.2, 0.25) is 0 Å². The lowest BCUT2D eigenvalue weighted by Gasteiger charge is -2.47. The number of nitrogens with zero attached hydrogens (tertiary/aromatic N) is 1. The predicted octanol–water partition coefficient (Wildman–Crippen LogP) is 4.82. The van der Waals surface area contributed by atoms with Gasteiger partial charge in [0.1, 0.15) is 5.82 Å². The van der Waals surface area contributed by atoms with E-state index in [1.165, 1.54) is 6.92 Å². The molecule has 0 aromatic heterocycles. The molecule has 2 nitrogen and oxygen atoms in total. The van der Waals surface area contributed by atoms with Crippen molar-refractivity contribution in [3.63, 3.8) is 0 Å². The first-order chi connectivity index (χ1) is 13.2. The van der Waals surface area contributed by atoms with E-state index in [9.17, 15) is 18.3 Å². The van der Waals surface area contributed by atoms with Gasteiger partial charge in [-0.05, 0) is 57.8 Å². The third-order valence-corrected chi connectivity index (χ3v) is 6.08. The Balaban J connectivity index is 2.12. The quantitative estimate of drug-likeness (QED) is 0.739. The van der Waals surface area contributed by atoms with Crippen LogP contribution in [0.2, 0.25) is 0 Å². The van der Waals surface area contributed by atoms with Crippen LogP contribution in [0.4, 0.5) is 13.2 Å². The zero-order valence-corrected chi connectivity index (χ0v) is 16.7. The van der Waals surface area contributed by atoms with Crippen LogP contribution in [0, 0.1) is 36.2 Å². The molecule has 0 saturated heterocycles. The van der Waals surface area contributed by atoms with Crippen molar-refractivity contribution < 1.29 is 18.3 Å². The molecule has 1 N–H and O–H groups in total. The van der Waals surface area contributed by atoms with Crippen molar-refractivity contribution in [2.24, 2.45) is 11.8 Å². The van der Waals surface area contributed by atoms with Crippen LogP contribution in [0.3, 0.4) is 0 Å². The highest BCUT2D eigenvalue weighted by atomic mass is 19.2. The zero-order chi connectivity index (χ0) is 20.5. The Morgan fingerprint density at radius 2 is 1.68 bits per heavy atom. The molecule has 0 heterocycles. The van der Waals surface area contributed by atoms with Crippen molar-refractivity contribution in [2.45, 2.75) is 38.2 Å². The van der Waals surface area contributed by atoms with Crippen LogP contribution in [0.25, 0.3) is 0 Å². The van der Waals surface area contributed by atoms with E-state index in [0.717, 1.165) is 18.1 Å². The molecular formula is C23H28F3NO. The maximum atomic E-state index is 15.0. The Morgan fingerprint density at radius 3 is 2.32 bits per heavy atom. The fourth-order valence-electron chi connectivity index (χ4n) is 4.63. The molecule has 0 amide bonds. The van der Waals surface area contributed by atoms with E-state index in [4.69, 9.17) is 0 Å². The van der Waals surface area contributed by atoms with E-state index in [1.54, 1.807) is 0 Å². The van der Waals surface area contributed by atoms with Gasteiger partial charge in [0.15, 0.2) is 11.6 Å². The molecule has 3 atom stereocenters. The molecule has 0 aliphatic heterocycles. The molecule has 1 aliphatic rings. The zero-order valence-electron chi connectivity index (χ0n) is 16.7. The minimum absolute atomic E-state index is 0.249. The minimum atomic E-state index is -1.64. The predicted molar refractivity (Wildman–Crippen MR) is 104 cm³/mol. The second-order valence-corrected chi connectivity index (χ2v) is 8.26. The van der Waals surface area contributed by atoms with E-state index in [2.05, 4.69) is 0 Å². The van der Waals surface area contributed by atoms with Crippen LogP contribution in [0.15, 0.2) is 36.4 Å². The number of benzene rings is 2. The molecule has 0 radical (unpaired) electrons. The Hall–Kier alpha value is -1.85. The highest BCUT2D eigenvalue weighted by Crippen LogP contribution is 2.48. The maximum Gasteiger partial charge on any atom is 0.165 e. The van der Waals surface area contributed by atoms with Gasteiger partial charge in [-0.25, -0.2) is 13.2 Å². The van der Waals surface area contributed by atoms with Crippen molar-refractivity contribution in [1.29, 1.82) is 0 Å². The van der Waals surface area contributed by atoms with Crippen LogP contribution < -0.4 is 0 Å². The molecule has 5 heteroatoms. The fraction of sp³-hybridized carbons (Fsp3) is 0.478. The molecule has 3 rings (SSSR count). The molecule has 0 spiro atoms. The van der Waals surface area contributed by atoms with Gasteiger partial charge < -0.3 is 10.0 Å². The summed E-state index contributed by atoms with van der Waals surface area (Å²) in [6, 6.07) is 10.7. The summed E-state index contributed by atoms with van der Waals surface area (Å²) in [5, 5.41) is 11.9. The summed E-state index contributed by atoms with van der Waals surface area (Å²) >= 11 is 0. The smallest absolute Gasteiger partial charge is 0.165 e. The number of hydrogen-bond donors (Lipinski definition) is 1. The molecule has 2 aromatic rings. The van der Waals surface area contributed by atoms with Crippen molar-refractivity contribution in [3.8, 4) is 0 Å². The topological polar surface area (TPSA) is 23.5 Å². The molecule has 1 fully saturated rings. The SMILES string of the molecule is Cc1c(F)cc(C2(O)C(Cc3ccccc3)CCCC2CN(C)C)c(F)c1F. The first-order valence-corrected chi connectivity index (χ1v) is 9.80. The summed E-state index contributed by atoms with van der Waals surface area (Å²) in [5.74, 6) is -3.82. The van der Waals surface area contributed by atoms with Gasteiger partial charge >= 0.3 is 0 Å². The van der Waals surface area contributed by atoms with E-state index in [0.29, 0.717) is 25.8 Å². The summed E-state index contributed by atoms with van der Waals surface area (Å²) in [4.78, 5) is 1.93. The maximum absolute atomic E-state index is 15.0. The van der Waals surface area contributed by atoms with Gasteiger partial charge in [0.25, 0.3) is 0 Å². The lowest BCUT2D eigenvalue weighted by molar-refractivity contribution is -0.110. The third-order valence-electron chi connectivity index (χ3n) is 6.08. The molecule has 1 aliphatic carbocycles. The Kier molecular flexibility index (Phi) is 6.15. The molecule has 2 aromatic carbocycles.